The second-order valence-electron chi connectivity index (χ2n) is 7.71. The Kier molecular flexibility index (Phi) is 6.65. The van der Waals surface area contributed by atoms with Gasteiger partial charge < -0.3 is 20.9 Å². The van der Waals surface area contributed by atoms with Crippen LogP contribution in [0.25, 0.3) is 11.3 Å². The molecular weight excluding hydrogens is 464 g/mol. The number of aromatic nitrogens is 2. The molecule has 1 saturated heterocycles. The van der Waals surface area contributed by atoms with Crippen molar-refractivity contribution in [1.82, 2.24) is 9.97 Å². The molecule has 1 aliphatic rings. The highest BCUT2D eigenvalue weighted by Gasteiger charge is 2.19. The summed E-state index contributed by atoms with van der Waals surface area (Å²) < 4.78 is 27.3. The number of nitrogens with one attached hydrogen (secondary N) is 3. The molecule has 0 atom stereocenters. The molecule has 0 aliphatic carbocycles. The Hall–Kier alpha value is -3.38. The quantitative estimate of drug-likeness (QED) is 0.383. The first-order valence-electron chi connectivity index (χ1n) is 10.4. The van der Waals surface area contributed by atoms with Crippen molar-refractivity contribution in [3.8, 4) is 11.3 Å². The van der Waals surface area contributed by atoms with Crippen LogP contribution in [0.2, 0.25) is 0 Å². The van der Waals surface area contributed by atoms with Gasteiger partial charge >= 0.3 is 0 Å². The van der Waals surface area contributed by atoms with Crippen LogP contribution in [0.3, 0.4) is 0 Å². The van der Waals surface area contributed by atoms with Gasteiger partial charge in [0.15, 0.2) is 5.13 Å². The number of thiazole rings is 1. The SMILES string of the molecule is NC(=O)c1cc(-c2csc(NC(=O)CS(=O)(=O)Nc3ccc(N4CCCCC4)cc3)n2)c[nH]1. The summed E-state index contributed by atoms with van der Waals surface area (Å²) in [7, 11) is -3.90. The van der Waals surface area contributed by atoms with E-state index in [-0.39, 0.29) is 10.8 Å². The van der Waals surface area contributed by atoms with Crippen molar-refractivity contribution in [3.05, 3.63) is 47.6 Å². The Morgan fingerprint density at radius 3 is 2.55 bits per heavy atom. The zero-order valence-electron chi connectivity index (χ0n) is 17.7. The number of amides is 2. The normalized spacial score (nSPS) is 14.1. The maximum Gasteiger partial charge on any atom is 0.265 e. The number of primary amides is 1. The molecule has 5 N–H and O–H groups in total. The van der Waals surface area contributed by atoms with Gasteiger partial charge in [-0.2, -0.15) is 0 Å². The molecule has 1 aliphatic heterocycles. The number of carbonyl (C=O) groups excluding carboxylic acids is 2. The maximum absolute atomic E-state index is 12.4. The Morgan fingerprint density at radius 2 is 1.88 bits per heavy atom. The number of rotatable bonds is 8. The number of aromatic amines is 1. The fraction of sp³-hybridized carbons (Fsp3) is 0.286. The van der Waals surface area contributed by atoms with Gasteiger partial charge in [-0.05, 0) is 49.6 Å². The topological polar surface area (TPSA) is 150 Å². The van der Waals surface area contributed by atoms with Crippen LogP contribution in [0.15, 0.2) is 41.9 Å². The van der Waals surface area contributed by atoms with Gasteiger partial charge in [-0.25, -0.2) is 13.4 Å². The first kappa shape index (κ1) is 22.8. The number of nitrogens with two attached hydrogens (primary N) is 1. The van der Waals surface area contributed by atoms with E-state index in [0.717, 1.165) is 43.0 Å². The number of sulfonamides is 1. The van der Waals surface area contributed by atoms with Gasteiger partial charge in [0, 0.05) is 41.6 Å². The molecule has 33 heavy (non-hydrogen) atoms. The van der Waals surface area contributed by atoms with Gasteiger partial charge in [-0.3, -0.25) is 14.3 Å². The number of anilines is 3. The van der Waals surface area contributed by atoms with E-state index < -0.39 is 27.6 Å². The number of H-pyrrole nitrogens is 1. The van der Waals surface area contributed by atoms with Crippen LogP contribution in [0.1, 0.15) is 29.8 Å². The number of carbonyl (C=O) groups is 2. The van der Waals surface area contributed by atoms with Crippen LogP contribution in [0.5, 0.6) is 0 Å². The van der Waals surface area contributed by atoms with Crippen LogP contribution in [-0.4, -0.2) is 49.0 Å². The molecule has 0 saturated carbocycles. The molecule has 2 amide bonds. The number of nitrogens with zero attached hydrogens (tertiary/aromatic N) is 2. The lowest BCUT2D eigenvalue weighted by molar-refractivity contribution is -0.113. The van der Waals surface area contributed by atoms with Crippen molar-refractivity contribution < 1.29 is 18.0 Å². The summed E-state index contributed by atoms with van der Waals surface area (Å²) >= 11 is 1.14. The number of hydrogen-bond donors (Lipinski definition) is 4. The van der Waals surface area contributed by atoms with Crippen molar-refractivity contribution in [1.29, 1.82) is 0 Å². The molecule has 174 valence electrons. The van der Waals surface area contributed by atoms with E-state index in [0.29, 0.717) is 16.9 Å². The highest BCUT2D eigenvalue weighted by atomic mass is 32.2. The molecule has 4 rings (SSSR count). The first-order chi connectivity index (χ1) is 15.8. The monoisotopic (exact) mass is 488 g/mol. The number of hydrogen-bond acceptors (Lipinski definition) is 7. The first-order valence-corrected chi connectivity index (χ1v) is 12.9. The largest absolute Gasteiger partial charge is 0.372 e. The van der Waals surface area contributed by atoms with Crippen LogP contribution >= 0.6 is 11.3 Å². The fourth-order valence-corrected chi connectivity index (χ4v) is 5.30. The van der Waals surface area contributed by atoms with Gasteiger partial charge in [-0.1, -0.05) is 0 Å². The molecule has 0 spiro atoms. The minimum atomic E-state index is -3.90. The molecular formula is C21H24N6O4S2. The molecule has 3 aromatic rings. The fourth-order valence-electron chi connectivity index (χ4n) is 3.58. The van der Waals surface area contributed by atoms with E-state index in [9.17, 15) is 18.0 Å². The summed E-state index contributed by atoms with van der Waals surface area (Å²) in [6, 6.07) is 8.71. The molecule has 0 bridgehead atoms. The molecule has 12 heteroatoms. The lowest BCUT2D eigenvalue weighted by Crippen LogP contribution is -2.29. The third-order valence-corrected chi connectivity index (χ3v) is 7.12. The van der Waals surface area contributed by atoms with Crippen LogP contribution in [0.4, 0.5) is 16.5 Å². The van der Waals surface area contributed by atoms with Crippen molar-refractivity contribution >= 4 is 49.7 Å². The Balaban J connectivity index is 1.33. The third-order valence-electron chi connectivity index (χ3n) is 5.18. The van der Waals surface area contributed by atoms with E-state index in [1.807, 2.05) is 12.1 Å². The van der Waals surface area contributed by atoms with E-state index in [1.165, 1.54) is 6.42 Å². The molecule has 10 nitrogen and oxygen atoms in total. The van der Waals surface area contributed by atoms with Crippen LogP contribution < -0.4 is 20.7 Å². The van der Waals surface area contributed by atoms with Crippen molar-refractivity contribution in [2.75, 3.05) is 33.8 Å². The highest BCUT2D eigenvalue weighted by Crippen LogP contribution is 2.26. The summed E-state index contributed by atoms with van der Waals surface area (Å²) in [5.41, 5.74) is 8.07. The smallest absolute Gasteiger partial charge is 0.265 e. The minimum Gasteiger partial charge on any atom is -0.372 e. The lowest BCUT2D eigenvalue weighted by Gasteiger charge is -2.28. The van der Waals surface area contributed by atoms with E-state index >= 15 is 0 Å². The molecule has 0 unspecified atom stereocenters. The Labute approximate surface area is 195 Å². The van der Waals surface area contributed by atoms with E-state index in [2.05, 4.69) is 24.9 Å². The van der Waals surface area contributed by atoms with Crippen LogP contribution in [0, 0.1) is 0 Å². The van der Waals surface area contributed by atoms with Gasteiger partial charge in [0.1, 0.15) is 11.4 Å². The molecule has 1 aromatic carbocycles. The molecule has 1 fully saturated rings. The molecule has 2 aromatic heterocycles. The van der Waals surface area contributed by atoms with Gasteiger partial charge in [0.25, 0.3) is 5.91 Å². The maximum atomic E-state index is 12.4. The second-order valence-corrected chi connectivity index (χ2v) is 10.3. The van der Waals surface area contributed by atoms with Gasteiger partial charge in [-0.15, -0.1) is 11.3 Å². The van der Waals surface area contributed by atoms with Gasteiger partial charge in [0.2, 0.25) is 15.9 Å². The van der Waals surface area contributed by atoms with E-state index in [1.54, 1.807) is 29.8 Å². The summed E-state index contributed by atoms with van der Waals surface area (Å²) in [5, 5.41) is 4.43. The number of piperidine rings is 1. The average molecular weight is 489 g/mol. The Bertz CT molecular complexity index is 1240. The predicted molar refractivity (Wildman–Crippen MR) is 129 cm³/mol. The van der Waals surface area contributed by atoms with Crippen LogP contribution in [-0.2, 0) is 14.8 Å². The van der Waals surface area contributed by atoms with Crippen molar-refractivity contribution in [3.63, 3.8) is 0 Å². The summed E-state index contributed by atoms with van der Waals surface area (Å²) in [6.07, 6.45) is 5.13. The summed E-state index contributed by atoms with van der Waals surface area (Å²) in [4.78, 5) is 32.8. The standard InChI is InChI=1S/C21H24N6O4S2/c22-20(29)17-10-14(11-23-17)18-12-32-21(24-18)25-19(28)13-33(30,31)26-15-4-6-16(7-5-15)27-8-2-1-3-9-27/h4-7,10-12,23,26H,1-3,8-9,13H2,(H2,22,29)(H,24,25,28). The summed E-state index contributed by atoms with van der Waals surface area (Å²) in [6.45, 7) is 2.00. The third kappa shape index (κ3) is 5.90. The second kappa shape index (κ2) is 9.63. The molecule has 3 heterocycles. The number of benzene rings is 1. The Morgan fingerprint density at radius 1 is 1.15 bits per heavy atom. The van der Waals surface area contributed by atoms with E-state index in [4.69, 9.17) is 5.73 Å². The zero-order valence-corrected chi connectivity index (χ0v) is 19.3. The predicted octanol–water partition coefficient (Wildman–Crippen LogP) is 2.61. The zero-order chi connectivity index (χ0) is 23.4. The molecule has 0 radical (unpaired) electrons. The van der Waals surface area contributed by atoms with Gasteiger partial charge in [0.05, 0.1) is 5.69 Å². The summed E-state index contributed by atoms with van der Waals surface area (Å²) in [5.74, 6) is -2.05. The lowest BCUT2D eigenvalue weighted by atomic mass is 10.1. The van der Waals surface area contributed by atoms with Crippen molar-refractivity contribution in [2.24, 2.45) is 5.73 Å². The minimum absolute atomic E-state index is 0.240. The highest BCUT2D eigenvalue weighted by molar-refractivity contribution is 7.93. The van der Waals surface area contributed by atoms with Crippen molar-refractivity contribution in [2.45, 2.75) is 19.3 Å². The average Bonchev–Trinajstić information content (AvgIpc) is 3.44.